The molecule has 16 heavy (non-hydrogen) atoms. The number of likely N-dealkylation sites (tertiary alicyclic amines) is 1. The molecule has 1 aliphatic rings. The van der Waals surface area contributed by atoms with Crippen LogP contribution < -0.4 is 10.6 Å². The van der Waals surface area contributed by atoms with Gasteiger partial charge < -0.3 is 15.5 Å². The summed E-state index contributed by atoms with van der Waals surface area (Å²) in [5.74, 6) is 0. The van der Waals surface area contributed by atoms with Crippen molar-refractivity contribution in [2.24, 2.45) is 0 Å². The Hall–Kier alpha value is -1.29. The number of aromatic nitrogens is 1. The van der Waals surface area contributed by atoms with E-state index in [0.29, 0.717) is 0 Å². The first kappa shape index (κ1) is 11.2. The normalized spacial score (nSPS) is 16.6. The van der Waals surface area contributed by atoms with E-state index in [1.165, 1.54) is 25.9 Å². The summed E-state index contributed by atoms with van der Waals surface area (Å²) in [5.41, 5.74) is 7.54. The average Bonchev–Trinajstić information content (AvgIpc) is 2.78. The Morgan fingerprint density at radius 2 is 2.12 bits per heavy atom. The van der Waals surface area contributed by atoms with Gasteiger partial charge in [0.2, 0.25) is 0 Å². The molecule has 2 rings (SSSR count). The predicted octanol–water partition coefficient (Wildman–Crippen LogP) is 1.20. The number of hydrogen-bond acceptors (Lipinski definition) is 4. The summed E-state index contributed by atoms with van der Waals surface area (Å²) in [6, 6.07) is 1.97. The number of nitrogens with two attached hydrogens (primary N) is 1. The number of pyridine rings is 1. The van der Waals surface area contributed by atoms with Crippen molar-refractivity contribution in [1.29, 1.82) is 0 Å². The molecule has 4 nitrogen and oxygen atoms in total. The standard InChI is InChI=1S/C12H20N4/c1-15(6-7-16-4-2-3-5-16)12-8-11(13)9-14-10-12/h8-10H,2-7,13H2,1H3. The largest absolute Gasteiger partial charge is 0.397 e. The van der Waals surface area contributed by atoms with Gasteiger partial charge in [-0.05, 0) is 32.0 Å². The third-order valence-electron chi connectivity index (χ3n) is 3.14. The van der Waals surface area contributed by atoms with Crippen LogP contribution in [0.15, 0.2) is 18.5 Å². The second-order valence-corrected chi connectivity index (χ2v) is 4.45. The van der Waals surface area contributed by atoms with Crippen molar-refractivity contribution in [1.82, 2.24) is 9.88 Å². The maximum absolute atomic E-state index is 5.72. The van der Waals surface area contributed by atoms with Gasteiger partial charge in [-0.15, -0.1) is 0 Å². The van der Waals surface area contributed by atoms with E-state index in [2.05, 4.69) is 21.8 Å². The zero-order valence-electron chi connectivity index (χ0n) is 9.89. The van der Waals surface area contributed by atoms with Crippen molar-refractivity contribution < 1.29 is 0 Å². The smallest absolute Gasteiger partial charge is 0.0571 e. The van der Waals surface area contributed by atoms with E-state index < -0.39 is 0 Å². The Bertz CT molecular complexity index is 334. The van der Waals surface area contributed by atoms with E-state index in [1.54, 1.807) is 6.20 Å². The van der Waals surface area contributed by atoms with Crippen LogP contribution in [0, 0.1) is 0 Å². The number of nitrogens with zero attached hydrogens (tertiary/aromatic N) is 3. The lowest BCUT2D eigenvalue weighted by atomic mass is 10.3. The molecule has 0 aromatic carbocycles. The number of rotatable bonds is 4. The van der Waals surface area contributed by atoms with Gasteiger partial charge in [-0.1, -0.05) is 0 Å². The highest BCUT2D eigenvalue weighted by atomic mass is 15.2. The number of hydrogen-bond donors (Lipinski definition) is 1. The maximum atomic E-state index is 5.72. The zero-order chi connectivity index (χ0) is 11.4. The number of anilines is 2. The van der Waals surface area contributed by atoms with Gasteiger partial charge in [0, 0.05) is 26.3 Å². The van der Waals surface area contributed by atoms with Gasteiger partial charge in [-0.2, -0.15) is 0 Å². The molecule has 2 N–H and O–H groups in total. The minimum atomic E-state index is 0.727. The van der Waals surface area contributed by atoms with Crippen molar-refractivity contribution >= 4 is 11.4 Å². The van der Waals surface area contributed by atoms with Crippen molar-refractivity contribution in [3.05, 3.63) is 18.5 Å². The molecule has 1 fully saturated rings. The van der Waals surface area contributed by atoms with E-state index in [1.807, 2.05) is 12.3 Å². The molecule has 1 aliphatic heterocycles. The fraction of sp³-hybridized carbons (Fsp3) is 0.583. The van der Waals surface area contributed by atoms with Crippen LogP contribution in [0.4, 0.5) is 11.4 Å². The monoisotopic (exact) mass is 220 g/mol. The summed E-state index contributed by atoms with van der Waals surface area (Å²) >= 11 is 0. The third kappa shape index (κ3) is 2.85. The average molecular weight is 220 g/mol. The molecule has 0 amide bonds. The summed E-state index contributed by atoms with van der Waals surface area (Å²) in [5, 5.41) is 0. The lowest BCUT2D eigenvalue weighted by Gasteiger charge is -2.22. The Morgan fingerprint density at radius 3 is 2.81 bits per heavy atom. The van der Waals surface area contributed by atoms with Crippen LogP contribution >= 0.6 is 0 Å². The van der Waals surface area contributed by atoms with Gasteiger partial charge in [0.1, 0.15) is 0 Å². The van der Waals surface area contributed by atoms with E-state index in [-0.39, 0.29) is 0 Å². The van der Waals surface area contributed by atoms with E-state index >= 15 is 0 Å². The summed E-state index contributed by atoms with van der Waals surface area (Å²) in [4.78, 5) is 8.82. The first-order chi connectivity index (χ1) is 7.75. The highest BCUT2D eigenvalue weighted by Crippen LogP contribution is 2.14. The molecular weight excluding hydrogens is 200 g/mol. The molecule has 1 saturated heterocycles. The van der Waals surface area contributed by atoms with Gasteiger partial charge >= 0.3 is 0 Å². The fourth-order valence-electron chi connectivity index (χ4n) is 2.08. The third-order valence-corrected chi connectivity index (χ3v) is 3.14. The van der Waals surface area contributed by atoms with Crippen LogP contribution in [0.25, 0.3) is 0 Å². The summed E-state index contributed by atoms with van der Waals surface area (Å²) < 4.78 is 0. The molecule has 0 radical (unpaired) electrons. The number of nitrogen functional groups attached to an aromatic ring is 1. The Morgan fingerprint density at radius 1 is 1.38 bits per heavy atom. The van der Waals surface area contributed by atoms with E-state index in [4.69, 9.17) is 5.73 Å². The second-order valence-electron chi connectivity index (χ2n) is 4.45. The minimum absolute atomic E-state index is 0.727. The first-order valence-corrected chi connectivity index (χ1v) is 5.90. The van der Waals surface area contributed by atoms with Crippen molar-refractivity contribution in [2.45, 2.75) is 12.8 Å². The molecule has 0 spiro atoms. The SMILES string of the molecule is CN(CCN1CCCC1)c1cncc(N)c1. The molecule has 0 atom stereocenters. The maximum Gasteiger partial charge on any atom is 0.0571 e. The van der Waals surface area contributed by atoms with Gasteiger partial charge in [0.15, 0.2) is 0 Å². The second kappa shape index (κ2) is 5.16. The van der Waals surface area contributed by atoms with Gasteiger partial charge in [-0.25, -0.2) is 0 Å². The molecule has 1 aromatic rings. The van der Waals surface area contributed by atoms with Gasteiger partial charge in [0.25, 0.3) is 0 Å². The van der Waals surface area contributed by atoms with Crippen LogP contribution in [0.1, 0.15) is 12.8 Å². The lowest BCUT2D eigenvalue weighted by Crippen LogP contribution is -2.31. The molecule has 0 unspecified atom stereocenters. The molecule has 0 bridgehead atoms. The van der Waals surface area contributed by atoms with Crippen LogP contribution in [0.3, 0.4) is 0 Å². The Kier molecular flexibility index (Phi) is 3.62. The molecule has 88 valence electrons. The highest BCUT2D eigenvalue weighted by Gasteiger charge is 2.11. The quantitative estimate of drug-likeness (QED) is 0.828. The first-order valence-electron chi connectivity index (χ1n) is 5.90. The van der Waals surface area contributed by atoms with E-state index in [0.717, 1.165) is 24.5 Å². The molecule has 4 heteroatoms. The van der Waals surface area contributed by atoms with Crippen molar-refractivity contribution in [3.8, 4) is 0 Å². The molecule has 2 heterocycles. The molecule has 0 aliphatic carbocycles. The topological polar surface area (TPSA) is 45.4 Å². The van der Waals surface area contributed by atoms with E-state index in [9.17, 15) is 0 Å². The fourth-order valence-corrected chi connectivity index (χ4v) is 2.08. The van der Waals surface area contributed by atoms with Crippen LogP contribution in [-0.2, 0) is 0 Å². The lowest BCUT2D eigenvalue weighted by molar-refractivity contribution is 0.346. The minimum Gasteiger partial charge on any atom is -0.397 e. The van der Waals surface area contributed by atoms with Crippen LogP contribution in [0.2, 0.25) is 0 Å². The highest BCUT2D eigenvalue weighted by molar-refractivity contribution is 5.52. The molecular formula is C12H20N4. The van der Waals surface area contributed by atoms with Gasteiger partial charge in [0.05, 0.1) is 17.6 Å². The summed E-state index contributed by atoms with van der Waals surface area (Å²) in [6.45, 7) is 4.67. The predicted molar refractivity (Wildman–Crippen MR) is 67.6 cm³/mol. The summed E-state index contributed by atoms with van der Waals surface area (Å²) in [6.07, 6.45) is 6.24. The number of likely N-dealkylation sites (N-methyl/N-ethyl adjacent to an activating group) is 1. The summed E-state index contributed by atoms with van der Waals surface area (Å²) in [7, 11) is 2.09. The van der Waals surface area contributed by atoms with Gasteiger partial charge in [-0.3, -0.25) is 4.98 Å². The molecule has 0 saturated carbocycles. The molecule has 1 aromatic heterocycles. The van der Waals surface area contributed by atoms with Crippen LogP contribution in [0.5, 0.6) is 0 Å². The van der Waals surface area contributed by atoms with Crippen molar-refractivity contribution in [2.75, 3.05) is 43.9 Å². The Balaban J connectivity index is 1.85. The Labute approximate surface area is 97.1 Å². The zero-order valence-corrected chi connectivity index (χ0v) is 9.89. The van der Waals surface area contributed by atoms with Crippen molar-refractivity contribution in [3.63, 3.8) is 0 Å². The van der Waals surface area contributed by atoms with Crippen LogP contribution in [-0.4, -0.2) is 43.1 Å².